The van der Waals surface area contributed by atoms with Gasteiger partial charge in [0.1, 0.15) is 6.61 Å². The topological polar surface area (TPSA) is 66.0 Å². The molecule has 0 bridgehead atoms. The van der Waals surface area contributed by atoms with Gasteiger partial charge >= 0.3 is 12.1 Å². The van der Waals surface area contributed by atoms with Crippen LogP contribution in [-0.4, -0.2) is 25.4 Å². The Labute approximate surface area is 194 Å². The number of hydrogen-bond acceptors (Lipinski definition) is 4. The number of hydrogen-bond donors (Lipinski definition) is 0. The Balaban J connectivity index is 1.97. The van der Waals surface area contributed by atoms with Crippen LogP contribution in [0.5, 0.6) is 0 Å². The molecule has 0 amide bonds. The van der Waals surface area contributed by atoms with Gasteiger partial charge in [0.25, 0.3) is 0 Å². The van der Waals surface area contributed by atoms with E-state index >= 15 is 0 Å². The molecule has 150 valence electrons. The molecule has 3 aromatic rings. The van der Waals surface area contributed by atoms with E-state index in [1.54, 1.807) is 12.1 Å². The highest BCUT2D eigenvalue weighted by molar-refractivity contribution is 14.1. The first-order chi connectivity index (χ1) is 13.7. The molecule has 29 heavy (non-hydrogen) atoms. The molecule has 3 heterocycles. The van der Waals surface area contributed by atoms with E-state index in [0.717, 1.165) is 14.3 Å². The van der Waals surface area contributed by atoms with E-state index in [-0.39, 0.29) is 29.0 Å². The summed E-state index contributed by atoms with van der Waals surface area (Å²) in [5.41, 5.74) is -0.437. The number of halogens is 6. The minimum absolute atomic E-state index is 0.0265. The van der Waals surface area contributed by atoms with Crippen LogP contribution in [0.3, 0.4) is 0 Å². The SMILES string of the molecule is [O-][N+]1=C(c2cc(C(F)(F)F)nn2-c2ncccc2Cl)OCc2cc(I)cc(I)c21. The maximum atomic E-state index is 13.3. The molecule has 0 saturated heterocycles. The third-order valence-electron chi connectivity index (χ3n) is 4.02. The third kappa shape index (κ3) is 3.79. The van der Waals surface area contributed by atoms with Crippen LogP contribution in [0.1, 0.15) is 17.0 Å². The minimum Gasteiger partial charge on any atom is -0.615 e. The lowest BCUT2D eigenvalue weighted by molar-refractivity contribution is -0.380. The van der Waals surface area contributed by atoms with Crippen LogP contribution in [-0.2, 0) is 17.5 Å². The smallest absolute Gasteiger partial charge is 0.435 e. The zero-order valence-corrected chi connectivity index (χ0v) is 19.1. The fourth-order valence-electron chi connectivity index (χ4n) is 2.81. The zero-order valence-electron chi connectivity index (χ0n) is 14.0. The summed E-state index contributed by atoms with van der Waals surface area (Å²) in [7, 11) is 0. The number of aromatic nitrogens is 3. The predicted molar refractivity (Wildman–Crippen MR) is 115 cm³/mol. The molecule has 0 fully saturated rings. The van der Waals surface area contributed by atoms with E-state index in [1.807, 2.05) is 22.6 Å². The number of ether oxygens (including phenoxy) is 1. The summed E-state index contributed by atoms with van der Waals surface area (Å²) in [6.07, 6.45) is -3.37. The first-order valence-corrected chi connectivity index (χ1v) is 10.4. The Morgan fingerprint density at radius 2 is 2.00 bits per heavy atom. The third-order valence-corrected chi connectivity index (χ3v) is 5.76. The van der Waals surface area contributed by atoms with E-state index in [0.29, 0.717) is 19.6 Å². The zero-order chi connectivity index (χ0) is 20.9. The fraction of sp³-hybridized carbons (Fsp3) is 0.118. The Morgan fingerprint density at radius 3 is 2.69 bits per heavy atom. The molecule has 1 aromatic carbocycles. The number of rotatable bonds is 2. The summed E-state index contributed by atoms with van der Waals surface area (Å²) in [4.78, 5) is 4.01. The Hall–Kier alpha value is -1.61. The van der Waals surface area contributed by atoms with Crippen molar-refractivity contribution in [1.82, 2.24) is 14.8 Å². The molecule has 0 N–H and O–H groups in total. The average molecular weight is 647 g/mol. The van der Waals surface area contributed by atoms with Crippen molar-refractivity contribution < 1.29 is 22.6 Å². The summed E-state index contributed by atoms with van der Waals surface area (Å²) < 4.78 is 48.5. The second-order valence-corrected chi connectivity index (χ2v) is 8.73. The maximum Gasteiger partial charge on any atom is 0.435 e. The monoisotopic (exact) mass is 646 g/mol. The highest BCUT2D eigenvalue weighted by Crippen LogP contribution is 2.35. The van der Waals surface area contributed by atoms with Gasteiger partial charge in [0.05, 0.1) is 14.2 Å². The molecule has 0 aliphatic carbocycles. The molecule has 0 radical (unpaired) electrons. The summed E-state index contributed by atoms with van der Waals surface area (Å²) in [6.45, 7) is 0.0265. The number of pyridine rings is 1. The predicted octanol–water partition coefficient (Wildman–Crippen LogP) is 5.27. The van der Waals surface area contributed by atoms with Crippen LogP contribution in [0, 0.1) is 12.3 Å². The van der Waals surface area contributed by atoms with Gasteiger partial charge in [-0.3, -0.25) is 0 Å². The lowest BCUT2D eigenvalue weighted by atomic mass is 10.1. The van der Waals surface area contributed by atoms with E-state index in [1.165, 1.54) is 18.3 Å². The fourth-order valence-corrected chi connectivity index (χ4v) is 5.19. The normalized spacial score (nSPS) is 14.0. The van der Waals surface area contributed by atoms with E-state index in [9.17, 15) is 18.4 Å². The minimum atomic E-state index is -4.73. The molecule has 0 spiro atoms. The summed E-state index contributed by atoms with van der Waals surface area (Å²) in [5, 5.41) is 16.7. The van der Waals surface area contributed by atoms with Crippen LogP contribution in [0.4, 0.5) is 18.9 Å². The van der Waals surface area contributed by atoms with E-state index < -0.39 is 11.9 Å². The lowest BCUT2D eigenvalue weighted by Crippen LogP contribution is -2.26. The maximum absolute atomic E-state index is 13.3. The highest BCUT2D eigenvalue weighted by Gasteiger charge is 2.39. The van der Waals surface area contributed by atoms with Crippen molar-refractivity contribution in [3.8, 4) is 5.82 Å². The van der Waals surface area contributed by atoms with Crippen molar-refractivity contribution in [3.63, 3.8) is 0 Å². The molecule has 1 aliphatic rings. The van der Waals surface area contributed by atoms with Gasteiger partial charge in [-0.2, -0.15) is 18.3 Å². The van der Waals surface area contributed by atoms with Crippen molar-refractivity contribution in [1.29, 1.82) is 0 Å². The van der Waals surface area contributed by atoms with Crippen molar-refractivity contribution in [2.75, 3.05) is 0 Å². The number of benzene rings is 1. The van der Waals surface area contributed by atoms with Gasteiger partial charge in [0, 0.05) is 15.8 Å². The van der Waals surface area contributed by atoms with Crippen LogP contribution < -0.4 is 0 Å². The molecule has 0 saturated carbocycles. The molecule has 0 unspecified atom stereocenters. The largest absolute Gasteiger partial charge is 0.615 e. The van der Waals surface area contributed by atoms with Gasteiger partial charge in [-0.1, -0.05) is 11.6 Å². The summed E-state index contributed by atoms with van der Waals surface area (Å²) in [6, 6.07) is 7.32. The Kier molecular flexibility index (Phi) is 5.40. The summed E-state index contributed by atoms with van der Waals surface area (Å²) >= 11 is 10.2. The highest BCUT2D eigenvalue weighted by atomic mass is 127. The average Bonchev–Trinajstić information content (AvgIpc) is 3.07. The van der Waals surface area contributed by atoms with Gasteiger partial charge in [-0.25, -0.2) is 9.67 Å². The molecule has 2 aromatic heterocycles. The van der Waals surface area contributed by atoms with Crippen LogP contribution in [0.2, 0.25) is 5.02 Å². The first kappa shape index (κ1) is 20.7. The Bertz CT molecular complexity index is 1160. The van der Waals surface area contributed by atoms with Crippen LogP contribution >= 0.6 is 56.8 Å². The van der Waals surface area contributed by atoms with Crippen molar-refractivity contribution in [2.24, 2.45) is 0 Å². The Morgan fingerprint density at radius 1 is 1.24 bits per heavy atom. The number of nitrogens with zero attached hydrogens (tertiary/aromatic N) is 4. The number of alkyl halides is 3. The first-order valence-electron chi connectivity index (χ1n) is 7.90. The van der Waals surface area contributed by atoms with Crippen molar-refractivity contribution >= 4 is 68.4 Å². The quantitative estimate of drug-likeness (QED) is 0.217. The molecule has 0 atom stereocenters. The van der Waals surface area contributed by atoms with E-state index in [4.69, 9.17) is 16.3 Å². The molecular weight excluding hydrogens is 638 g/mol. The van der Waals surface area contributed by atoms with E-state index in [2.05, 4.69) is 32.7 Å². The standard InChI is InChI=1S/C17H8ClF3I2N4O2/c18-10-2-1-3-24-15(10)26-12(6-13(25-26)17(19,20)21)16-27(28)14-8(7-29-16)4-9(22)5-11(14)23/h1-6H,7H2. The van der Waals surface area contributed by atoms with Gasteiger partial charge in [0.2, 0.25) is 5.69 Å². The second kappa shape index (κ2) is 7.58. The van der Waals surface area contributed by atoms with Gasteiger partial charge in [-0.05, 0) is 69.4 Å². The lowest BCUT2D eigenvalue weighted by Gasteiger charge is -2.20. The van der Waals surface area contributed by atoms with Gasteiger partial charge < -0.3 is 9.94 Å². The molecular formula is C17H8ClF3I2N4O2. The van der Waals surface area contributed by atoms with Gasteiger partial charge in [0.15, 0.2) is 17.2 Å². The number of fused-ring (bicyclic) bond motifs is 1. The van der Waals surface area contributed by atoms with Crippen molar-refractivity contribution in [3.05, 3.63) is 70.9 Å². The van der Waals surface area contributed by atoms with Crippen molar-refractivity contribution in [2.45, 2.75) is 12.8 Å². The van der Waals surface area contributed by atoms with Crippen LogP contribution in [0.25, 0.3) is 5.82 Å². The molecule has 1 aliphatic heterocycles. The van der Waals surface area contributed by atoms with Gasteiger partial charge in [-0.15, -0.1) is 4.74 Å². The summed E-state index contributed by atoms with van der Waals surface area (Å²) in [5.74, 6) is -0.367. The molecule has 6 nitrogen and oxygen atoms in total. The molecule has 12 heteroatoms. The second-order valence-electron chi connectivity index (χ2n) is 5.92. The molecule has 4 rings (SSSR count). The van der Waals surface area contributed by atoms with Crippen LogP contribution in [0.15, 0.2) is 36.5 Å².